The van der Waals surface area contributed by atoms with Gasteiger partial charge in [0.2, 0.25) is 0 Å². The molecule has 0 aliphatic heterocycles. The van der Waals surface area contributed by atoms with Gasteiger partial charge in [-0.3, -0.25) is 0 Å². The lowest BCUT2D eigenvalue weighted by Crippen LogP contribution is -2.15. The number of benzene rings is 1. The maximum atomic E-state index is 13.8. The molecule has 0 radical (unpaired) electrons. The van der Waals surface area contributed by atoms with E-state index in [-0.39, 0.29) is 6.10 Å². The van der Waals surface area contributed by atoms with Crippen molar-refractivity contribution >= 4 is 35.7 Å². The average Bonchev–Trinajstić information content (AvgIpc) is 2.60. The second kappa shape index (κ2) is 6.62. The van der Waals surface area contributed by atoms with Crippen LogP contribution in [0.4, 0.5) is 4.39 Å². The summed E-state index contributed by atoms with van der Waals surface area (Å²) in [5, 5.41) is 0. The Labute approximate surface area is 131 Å². The number of halogens is 3. The zero-order valence-corrected chi connectivity index (χ0v) is 13.9. The van der Waals surface area contributed by atoms with E-state index in [4.69, 9.17) is 15.4 Å². The summed E-state index contributed by atoms with van der Waals surface area (Å²) < 4.78 is 42.4. The number of ether oxygens (including phenoxy) is 1. The SMILES string of the molecule is O=S(=O)(Cl)c1cc(Br)c(OC2CCCCCC2)cc1F. The molecule has 20 heavy (non-hydrogen) atoms. The maximum absolute atomic E-state index is 13.8. The molecule has 0 amide bonds. The molecule has 0 aromatic heterocycles. The molecule has 112 valence electrons. The van der Waals surface area contributed by atoms with Crippen molar-refractivity contribution in [2.45, 2.75) is 49.5 Å². The van der Waals surface area contributed by atoms with Gasteiger partial charge in [-0.25, -0.2) is 12.8 Å². The van der Waals surface area contributed by atoms with E-state index in [2.05, 4.69) is 15.9 Å². The van der Waals surface area contributed by atoms with Crippen LogP contribution in [0, 0.1) is 5.82 Å². The summed E-state index contributed by atoms with van der Waals surface area (Å²) in [6.45, 7) is 0. The fourth-order valence-electron chi connectivity index (χ4n) is 2.33. The van der Waals surface area contributed by atoms with E-state index in [9.17, 15) is 12.8 Å². The van der Waals surface area contributed by atoms with Gasteiger partial charge in [0.1, 0.15) is 16.5 Å². The molecule has 1 aromatic rings. The van der Waals surface area contributed by atoms with E-state index in [1.807, 2.05) is 0 Å². The van der Waals surface area contributed by atoms with Gasteiger partial charge in [0, 0.05) is 16.7 Å². The highest BCUT2D eigenvalue weighted by molar-refractivity contribution is 9.10. The van der Waals surface area contributed by atoms with Crippen molar-refractivity contribution in [1.82, 2.24) is 0 Å². The van der Waals surface area contributed by atoms with Gasteiger partial charge in [-0.05, 0) is 47.7 Å². The van der Waals surface area contributed by atoms with E-state index in [1.165, 1.54) is 12.8 Å². The standard InChI is InChI=1S/C13H15BrClFO3S/c14-10-7-13(20(15,17)18)11(16)8-12(10)19-9-5-3-1-2-4-6-9/h7-9H,1-6H2. The minimum absolute atomic E-state index is 0.0478. The normalized spacial score (nSPS) is 17.8. The number of rotatable bonds is 3. The third-order valence-corrected chi connectivity index (χ3v) is 5.30. The average molecular weight is 386 g/mol. The minimum Gasteiger partial charge on any atom is -0.489 e. The quantitative estimate of drug-likeness (QED) is 0.563. The summed E-state index contributed by atoms with van der Waals surface area (Å²) in [4.78, 5) is -0.542. The summed E-state index contributed by atoms with van der Waals surface area (Å²) in [6, 6.07) is 2.22. The lowest BCUT2D eigenvalue weighted by molar-refractivity contribution is 0.181. The van der Waals surface area contributed by atoms with Gasteiger partial charge >= 0.3 is 0 Å². The second-order valence-electron chi connectivity index (χ2n) is 4.88. The van der Waals surface area contributed by atoms with Crippen molar-refractivity contribution in [3.63, 3.8) is 0 Å². The van der Waals surface area contributed by atoms with Crippen LogP contribution in [0.25, 0.3) is 0 Å². The van der Waals surface area contributed by atoms with Crippen molar-refractivity contribution in [3.8, 4) is 5.75 Å². The first-order chi connectivity index (χ1) is 9.38. The first kappa shape index (κ1) is 16.0. The summed E-state index contributed by atoms with van der Waals surface area (Å²) in [7, 11) is 1.07. The second-order valence-corrected chi connectivity index (χ2v) is 8.27. The zero-order chi connectivity index (χ0) is 14.8. The van der Waals surface area contributed by atoms with Gasteiger partial charge in [-0.15, -0.1) is 0 Å². The molecule has 1 aliphatic rings. The topological polar surface area (TPSA) is 43.4 Å². The van der Waals surface area contributed by atoms with Gasteiger partial charge in [0.25, 0.3) is 9.05 Å². The molecule has 1 saturated carbocycles. The highest BCUT2D eigenvalue weighted by atomic mass is 79.9. The molecule has 0 unspecified atom stereocenters. The fraction of sp³-hybridized carbons (Fsp3) is 0.538. The molecular formula is C13H15BrClFO3S. The van der Waals surface area contributed by atoms with Gasteiger partial charge in [0.15, 0.2) is 0 Å². The highest BCUT2D eigenvalue weighted by Gasteiger charge is 2.21. The van der Waals surface area contributed by atoms with E-state index in [0.717, 1.165) is 37.8 Å². The zero-order valence-electron chi connectivity index (χ0n) is 10.7. The Bertz CT molecular complexity index is 584. The largest absolute Gasteiger partial charge is 0.489 e. The van der Waals surface area contributed by atoms with Gasteiger partial charge in [0.05, 0.1) is 10.6 Å². The van der Waals surface area contributed by atoms with Crippen molar-refractivity contribution in [2.24, 2.45) is 0 Å². The van der Waals surface area contributed by atoms with Gasteiger partial charge in [-0.1, -0.05) is 12.8 Å². The summed E-state index contributed by atoms with van der Waals surface area (Å²) in [6.07, 6.45) is 6.49. The Morgan fingerprint density at radius 1 is 1.20 bits per heavy atom. The van der Waals surface area contributed by atoms with E-state index < -0.39 is 19.8 Å². The smallest absolute Gasteiger partial charge is 0.264 e. The van der Waals surface area contributed by atoms with Gasteiger partial charge < -0.3 is 4.74 Å². The molecular weight excluding hydrogens is 371 g/mol. The molecule has 0 N–H and O–H groups in total. The minimum atomic E-state index is -4.10. The predicted octanol–water partition coefficient (Wildman–Crippen LogP) is 4.62. The van der Waals surface area contributed by atoms with Crippen LogP contribution in [0.5, 0.6) is 5.75 Å². The molecule has 1 aromatic carbocycles. The molecule has 0 bridgehead atoms. The summed E-state index contributed by atoms with van der Waals surface area (Å²) >= 11 is 3.21. The monoisotopic (exact) mass is 384 g/mol. The predicted molar refractivity (Wildman–Crippen MR) is 79.3 cm³/mol. The lowest BCUT2D eigenvalue weighted by Gasteiger charge is -2.18. The first-order valence-electron chi connectivity index (χ1n) is 6.48. The van der Waals surface area contributed by atoms with Crippen molar-refractivity contribution < 1.29 is 17.5 Å². The number of hydrogen-bond donors (Lipinski definition) is 0. The Kier molecular flexibility index (Phi) is 5.31. The van der Waals surface area contributed by atoms with E-state index in [0.29, 0.717) is 10.2 Å². The summed E-state index contributed by atoms with van der Waals surface area (Å²) in [5.41, 5.74) is 0. The van der Waals surface area contributed by atoms with Crippen molar-refractivity contribution in [2.75, 3.05) is 0 Å². The third kappa shape index (κ3) is 4.09. The van der Waals surface area contributed by atoms with E-state index >= 15 is 0 Å². The van der Waals surface area contributed by atoms with Gasteiger partial charge in [-0.2, -0.15) is 0 Å². The molecule has 2 rings (SSSR count). The van der Waals surface area contributed by atoms with Crippen LogP contribution in [0.3, 0.4) is 0 Å². The van der Waals surface area contributed by atoms with Crippen LogP contribution in [0.1, 0.15) is 38.5 Å². The Morgan fingerprint density at radius 2 is 1.80 bits per heavy atom. The molecule has 0 saturated heterocycles. The van der Waals surface area contributed by atoms with Crippen LogP contribution < -0.4 is 4.74 Å². The summed E-state index contributed by atoms with van der Waals surface area (Å²) in [5.74, 6) is -0.578. The number of hydrogen-bond acceptors (Lipinski definition) is 3. The molecule has 0 atom stereocenters. The lowest BCUT2D eigenvalue weighted by atomic mass is 10.1. The molecule has 1 aliphatic carbocycles. The first-order valence-corrected chi connectivity index (χ1v) is 9.58. The van der Waals surface area contributed by atoms with Crippen LogP contribution in [-0.4, -0.2) is 14.5 Å². The van der Waals surface area contributed by atoms with Crippen LogP contribution in [0.15, 0.2) is 21.5 Å². The van der Waals surface area contributed by atoms with E-state index in [1.54, 1.807) is 0 Å². The fourth-order valence-corrected chi connectivity index (χ4v) is 3.82. The van der Waals surface area contributed by atoms with Crippen molar-refractivity contribution in [1.29, 1.82) is 0 Å². The third-order valence-electron chi connectivity index (χ3n) is 3.34. The molecule has 7 heteroatoms. The van der Waals surface area contributed by atoms with Crippen molar-refractivity contribution in [3.05, 3.63) is 22.4 Å². The van der Waals surface area contributed by atoms with Crippen LogP contribution in [-0.2, 0) is 9.05 Å². The highest BCUT2D eigenvalue weighted by Crippen LogP contribution is 2.33. The van der Waals surface area contributed by atoms with Crippen LogP contribution in [0.2, 0.25) is 0 Å². The molecule has 0 heterocycles. The Balaban J connectivity index is 2.22. The molecule has 0 spiro atoms. The molecule has 1 fully saturated rings. The Morgan fingerprint density at radius 3 is 2.35 bits per heavy atom. The molecule has 3 nitrogen and oxygen atoms in total. The Hall–Kier alpha value is -0.330. The van der Waals surface area contributed by atoms with Crippen LogP contribution >= 0.6 is 26.6 Å². The maximum Gasteiger partial charge on any atom is 0.264 e.